The molecule has 1 aliphatic carbocycles. The first-order valence-electron chi connectivity index (χ1n) is 8.73. The van der Waals surface area contributed by atoms with Crippen LogP contribution < -0.4 is 5.32 Å². The van der Waals surface area contributed by atoms with Crippen LogP contribution in [-0.4, -0.2) is 34.0 Å². The minimum Gasteiger partial charge on any atom is -0.444 e. The first-order valence-corrected chi connectivity index (χ1v) is 9.55. The van der Waals surface area contributed by atoms with Gasteiger partial charge in [-0.1, -0.05) is 23.5 Å². The Bertz CT molecular complexity index is 690. The van der Waals surface area contributed by atoms with E-state index in [4.69, 9.17) is 4.74 Å². The van der Waals surface area contributed by atoms with Crippen LogP contribution in [0.3, 0.4) is 0 Å². The van der Waals surface area contributed by atoms with Crippen molar-refractivity contribution in [3.8, 4) is 0 Å². The second-order valence-corrected chi connectivity index (χ2v) is 8.64. The number of rotatable bonds is 3. The standard InChI is InChI=1S/C18H25N3O3S/c1-18(2,3)24-17(23)21-9-8-13-14(11-21)25-16(19-13)20-15(22)10-12-6-4-5-7-12/h4,6,12H,5,7-11H2,1-3H3,(H,19,20,22). The molecule has 2 amide bonds. The Balaban J connectivity index is 1.58. The van der Waals surface area contributed by atoms with E-state index < -0.39 is 5.60 Å². The highest BCUT2D eigenvalue weighted by atomic mass is 32.1. The average molecular weight is 363 g/mol. The summed E-state index contributed by atoms with van der Waals surface area (Å²) in [5, 5.41) is 3.54. The molecule has 6 nitrogen and oxygen atoms in total. The molecule has 136 valence electrons. The van der Waals surface area contributed by atoms with Gasteiger partial charge in [-0.05, 0) is 39.5 Å². The van der Waals surface area contributed by atoms with E-state index in [1.807, 2.05) is 20.8 Å². The van der Waals surface area contributed by atoms with Crippen molar-refractivity contribution in [1.82, 2.24) is 9.88 Å². The van der Waals surface area contributed by atoms with Crippen LogP contribution in [0.2, 0.25) is 0 Å². The summed E-state index contributed by atoms with van der Waals surface area (Å²) in [5.41, 5.74) is 0.472. The van der Waals surface area contributed by atoms with E-state index >= 15 is 0 Å². The molecule has 3 rings (SSSR count). The third-order valence-electron chi connectivity index (χ3n) is 4.19. The number of hydrogen-bond donors (Lipinski definition) is 1. The predicted molar refractivity (Wildman–Crippen MR) is 97.6 cm³/mol. The molecule has 0 fully saturated rings. The molecule has 0 spiro atoms. The number of ether oxygens (including phenoxy) is 1. The highest BCUT2D eigenvalue weighted by Crippen LogP contribution is 2.29. The molecule has 1 aromatic rings. The molecule has 0 saturated carbocycles. The molecule has 1 aliphatic heterocycles. The Morgan fingerprint density at radius 2 is 2.24 bits per heavy atom. The third-order valence-corrected chi connectivity index (χ3v) is 5.19. The van der Waals surface area contributed by atoms with E-state index in [0.717, 1.165) is 23.4 Å². The lowest BCUT2D eigenvalue weighted by Crippen LogP contribution is -2.39. The van der Waals surface area contributed by atoms with Crippen molar-refractivity contribution in [3.05, 3.63) is 22.7 Å². The number of thiazole rings is 1. The van der Waals surface area contributed by atoms with Crippen molar-refractivity contribution in [1.29, 1.82) is 0 Å². The van der Waals surface area contributed by atoms with Gasteiger partial charge in [0, 0.05) is 24.3 Å². The number of hydrogen-bond acceptors (Lipinski definition) is 5. The molecule has 1 N–H and O–H groups in total. The number of carbonyl (C=O) groups excluding carboxylic acids is 2. The van der Waals surface area contributed by atoms with Crippen molar-refractivity contribution in [2.45, 2.75) is 58.6 Å². The largest absolute Gasteiger partial charge is 0.444 e. The van der Waals surface area contributed by atoms with Crippen LogP contribution in [0.1, 0.15) is 50.6 Å². The minimum absolute atomic E-state index is 0.00615. The second kappa shape index (κ2) is 7.15. The summed E-state index contributed by atoms with van der Waals surface area (Å²) in [7, 11) is 0. The van der Waals surface area contributed by atoms with Crippen LogP contribution in [-0.2, 0) is 22.5 Å². The fourth-order valence-electron chi connectivity index (χ4n) is 3.00. The maximum atomic E-state index is 12.2. The number of allylic oxidation sites excluding steroid dienone is 2. The van der Waals surface area contributed by atoms with Crippen molar-refractivity contribution in [2.24, 2.45) is 5.92 Å². The Kier molecular flexibility index (Phi) is 5.13. The molecule has 2 aliphatic rings. The van der Waals surface area contributed by atoms with Crippen molar-refractivity contribution in [2.75, 3.05) is 11.9 Å². The van der Waals surface area contributed by atoms with E-state index in [2.05, 4.69) is 22.5 Å². The lowest BCUT2D eigenvalue weighted by Gasteiger charge is -2.29. The van der Waals surface area contributed by atoms with Crippen LogP contribution in [0.25, 0.3) is 0 Å². The van der Waals surface area contributed by atoms with Gasteiger partial charge < -0.3 is 15.0 Å². The van der Waals surface area contributed by atoms with Gasteiger partial charge in [0.05, 0.1) is 12.2 Å². The predicted octanol–water partition coefficient (Wildman–Crippen LogP) is 3.73. The first-order chi connectivity index (χ1) is 11.8. The Morgan fingerprint density at radius 1 is 1.44 bits per heavy atom. The molecule has 25 heavy (non-hydrogen) atoms. The van der Waals surface area contributed by atoms with Crippen LogP contribution >= 0.6 is 11.3 Å². The topological polar surface area (TPSA) is 71.5 Å². The van der Waals surface area contributed by atoms with Crippen molar-refractivity contribution in [3.63, 3.8) is 0 Å². The molecule has 7 heteroatoms. The molecule has 1 unspecified atom stereocenters. The van der Waals surface area contributed by atoms with Crippen LogP contribution in [0.4, 0.5) is 9.93 Å². The number of anilines is 1. The zero-order chi connectivity index (χ0) is 18.0. The summed E-state index contributed by atoms with van der Waals surface area (Å²) >= 11 is 1.45. The number of carbonyl (C=O) groups is 2. The summed E-state index contributed by atoms with van der Waals surface area (Å²) in [6, 6.07) is 0. The van der Waals surface area contributed by atoms with E-state index in [0.29, 0.717) is 37.0 Å². The SMILES string of the molecule is CC(C)(C)OC(=O)N1CCc2nc(NC(=O)CC3C=CCC3)sc2C1. The second-order valence-electron chi connectivity index (χ2n) is 7.56. The molecule has 1 atom stereocenters. The van der Waals surface area contributed by atoms with Gasteiger partial charge >= 0.3 is 6.09 Å². The first kappa shape index (κ1) is 17.9. The zero-order valence-electron chi connectivity index (χ0n) is 15.0. The van der Waals surface area contributed by atoms with Crippen molar-refractivity contribution >= 4 is 28.5 Å². The monoisotopic (exact) mass is 363 g/mol. The van der Waals surface area contributed by atoms with Crippen LogP contribution in [0.5, 0.6) is 0 Å². The Morgan fingerprint density at radius 3 is 2.92 bits per heavy atom. The van der Waals surface area contributed by atoms with Gasteiger partial charge in [-0.2, -0.15) is 0 Å². The Hall–Kier alpha value is -1.89. The molecule has 0 radical (unpaired) electrons. The fourth-order valence-corrected chi connectivity index (χ4v) is 4.04. The number of aromatic nitrogens is 1. The molecule has 2 heterocycles. The smallest absolute Gasteiger partial charge is 0.410 e. The summed E-state index contributed by atoms with van der Waals surface area (Å²) in [6.07, 6.45) is 7.25. The lowest BCUT2D eigenvalue weighted by molar-refractivity contribution is -0.116. The van der Waals surface area contributed by atoms with Crippen LogP contribution in [0, 0.1) is 5.92 Å². The fraction of sp³-hybridized carbons (Fsp3) is 0.611. The summed E-state index contributed by atoms with van der Waals surface area (Å²) < 4.78 is 5.43. The van der Waals surface area contributed by atoms with E-state index in [9.17, 15) is 9.59 Å². The zero-order valence-corrected chi connectivity index (χ0v) is 15.8. The average Bonchev–Trinajstić information content (AvgIpc) is 3.13. The maximum Gasteiger partial charge on any atom is 0.410 e. The summed E-state index contributed by atoms with van der Waals surface area (Å²) in [5.74, 6) is 0.351. The van der Waals surface area contributed by atoms with Gasteiger partial charge in [0.2, 0.25) is 5.91 Å². The van der Waals surface area contributed by atoms with Gasteiger partial charge in [0.15, 0.2) is 5.13 Å². The molecule has 0 saturated heterocycles. The summed E-state index contributed by atoms with van der Waals surface area (Å²) in [6.45, 7) is 6.66. The van der Waals surface area contributed by atoms with Gasteiger partial charge in [-0.15, -0.1) is 0 Å². The highest BCUT2D eigenvalue weighted by molar-refractivity contribution is 7.15. The van der Waals surface area contributed by atoms with Crippen LogP contribution in [0.15, 0.2) is 12.2 Å². The van der Waals surface area contributed by atoms with E-state index in [1.165, 1.54) is 11.3 Å². The Labute approximate surface area is 152 Å². The molecule has 0 bridgehead atoms. The molecular weight excluding hydrogens is 338 g/mol. The van der Waals surface area contributed by atoms with E-state index in [1.54, 1.807) is 4.90 Å². The number of nitrogens with one attached hydrogen (secondary N) is 1. The van der Waals surface area contributed by atoms with E-state index in [-0.39, 0.29) is 12.0 Å². The molecular formula is C18H25N3O3S. The third kappa shape index (κ3) is 4.81. The lowest BCUT2D eigenvalue weighted by atomic mass is 10.1. The highest BCUT2D eigenvalue weighted by Gasteiger charge is 2.28. The molecule has 1 aromatic heterocycles. The summed E-state index contributed by atoms with van der Waals surface area (Å²) in [4.78, 5) is 31.6. The van der Waals surface area contributed by atoms with Gasteiger partial charge in [-0.3, -0.25) is 4.79 Å². The van der Waals surface area contributed by atoms with Gasteiger partial charge in [0.1, 0.15) is 5.60 Å². The maximum absolute atomic E-state index is 12.2. The molecule has 0 aromatic carbocycles. The number of amides is 2. The van der Waals surface area contributed by atoms with Gasteiger partial charge in [0.25, 0.3) is 0 Å². The number of nitrogens with zero attached hydrogens (tertiary/aromatic N) is 2. The van der Waals surface area contributed by atoms with Crippen molar-refractivity contribution < 1.29 is 14.3 Å². The quantitative estimate of drug-likeness (QED) is 0.831. The normalized spacial score (nSPS) is 19.6. The number of fused-ring (bicyclic) bond motifs is 1. The minimum atomic E-state index is -0.501. The van der Waals surface area contributed by atoms with Gasteiger partial charge in [-0.25, -0.2) is 9.78 Å².